The van der Waals surface area contributed by atoms with E-state index in [0.29, 0.717) is 18.9 Å². The molecule has 1 aliphatic heterocycles. The molecular weight excluding hydrogens is 221 g/mol. The average molecular weight is 234 g/mol. The standard InChI is InChI=1S/C9H13F3N4/c1-13-5-6-3-2-4-16-7(6)14-8(15-16)9(10,11)12/h6,13H,2-5H2,1H3. The molecule has 0 aromatic carbocycles. The first-order chi connectivity index (χ1) is 7.52. The van der Waals surface area contributed by atoms with Crippen molar-refractivity contribution in [3.63, 3.8) is 0 Å². The van der Waals surface area contributed by atoms with Crippen LogP contribution in [0.2, 0.25) is 0 Å². The lowest BCUT2D eigenvalue weighted by atomic mass is 9.99. The number of nitrogens with zero attached hydrogens (tertiary/aromatic N) is 3. The van der Waals surface area contributed by atoms with Gasteiger partial charge in [-0.15, -0.1) is 5.10 Å². The maximum Gasteiger partial charge on any atom is 0.453 e. The van der Waals surface area contributed by atoms with Gasteiger partial charge in [0.15, 0.2) is 0 Å². The molecule has 1 aromatic heterocycles. The van der Waals surface area contributed by atoms with E-state index in [0.717, 1.165) is 12.8 Å². The van der Waals surface area contributed by atoms with Gasteiger partial charge in [-0.05, 0) is 19.9 Å². The lowest BCUT2D eigenvalue weighted by Crippen LogP contribution is -2.25. The van der Waals surface area contributed by atoms with Gasteiger partial charge in [0.1, 0.15) is 5.82 Å². The Morgan fingerprint density at radius 2 is 2.25 bits per heavy atom. The van der Waals surface area contributed by atoms with Gasteiger partial charge in [-0.2, -0.15) is 13.2 Å². The van der Waals surface area contributed by atoms with Crippen LogP contribution in [0.5, 0.6) is 0 Å². The first-order valence-electron chi connectivity index (χ1n) is 5.19. The molecule has 2 rings (SSSR count). The van der Waals surface area contributed by atoms with Crippen molar-refractivity contribution in [3.8, 4) is 0 Å². The Labute approximate surface area is 90.9 Å². The molecular formula is C9H13F3N4. The molecule has 16 heavy (non-hydrogen) atoms. The summed E-state index contributed by atoms with van der Waals surface area (Å²) in [5, 5.41) is 6.47. The minimum Gasteiger partial charge on any atom is -0.319 e. The normalized spacial score (nSPS) is 20.9. The van der Waals surface area contributed by atoms with Crippen LogP contribution in [0, 0.1) is 0 Å². The van der Waals surface area contributed by atoms with Crippen molar-refractivity contribution in [1.82, 2.24) is 20.1 Å². The van der Waals surface area contributed by atoms with E-state index >= 15 is 0 Å². The van der Waals surface area contributed by atoms with Crippen LogP contribution in [0.15, 0.2) is 0 Å². The molecule has 0 saturated carbocycles. The first-order valence-corrected chi connectivity index (χ1v) is 5.19. The molecule has 0 saturated heterocycles. The third-order valence-electron chi connectivity index (χ3n) is 2.69. The summed E-state index contributed by atoms with van der Waals surface area (Å²) in [6, 6.07) is 0. The van der Waals surface area contributed by atoms with Gasteiger partial charge in [0.2, 0.25) is 0 Å². The van der Waals surface area contributed by atoms with E-state index in [2.05, 4.69) is 15.4 Å². The predicted molar refractivity (Wildman–Crippen MR) is 50.9 cm³/mol. The van der Waals surface area contributed by atoms with E-state index in [1.807, 2.05) is 0 Å². The number of alkyl halides is 3. The number of rotatable bonds is 2. The van der Waals surface area contributed by atoms with Crippen LogP contribution >= 0.6 is 0 Å². The highest BCUT2D eigenvalue weighted by molar-refractivity contribution is 5.05. The second kappa shape index (κ2) is 4.04. The zero-order chi connectivity index (χ0) is 11.8. The highest BCUT2D eigenvalue weighted by Gasteiger charge is 2.38. The Morgan fingerprint density at radius 3 is 2.88 bits per heavy atom. The number of hydrogen-bond acceptors (Lipinski definition) is 3. The van der Waals surface area contributed by atoms with Gasteiger partial charge in [-0.3, -0.25) is 0 Å². The molecule has 0 fully saturated rings. The number of aromatic nitrogens is 3. The number of likely N-dealkylation sites (N-methyl/N-ethyl adjacent to an activating group) is 1. The fourth-order valence-corrected chi connectivity index (χ4v) is 2.00. The summed E-state index contributed by atoms with van der Waals surface area (Å²) < 4.78 is 38.7. The van der Waals surface area contributed by atoms with E-state index in [1.165, 1.54) is 4.68 Å². The third-order valence-corrected chi connectivity index (χ3v) is 2.69. The molecule has 0 bridgehead atoms. The van der Waals surface area contributed by atoms with Crippen LogP contribution < -0.4 is 5.32 Å². The van der Waals surface area contributed by atoms with E-state index in [4.69, 9.17) is 0 Å². The van der Waals surface area contributed by atoms with Gasteiger partial charge < -0.3 is 5.32 Å². The summed E-state index contributed by atoms with van der Waals surface area (Å²) in [5.41, 5.74) is 0. The average Bonchev–Trinajstić information content (AvgIpc) is 2.62. The molecule has 0 amide bonds. The summed E-state index contributed by atoms with van der Waals surface area (Å²) in [6.07, 6.45) is -2.74. The predicted octanol–water partition coefficient (Wildman–Crippen LogP) is 1.39. The second-order valence-electron chi connectivity index (χ2n) is 3.91. The number of aryl methyl sites for hydroxylation is 1. The molecule has 0 spiro atoms. The molecule has 1 atom stereocenters. The largest absolute Gasteiger partial charge is 0.453 e. The van der Waals surface area contributed by atoms with Crippen molar-refractivity contribution in [1.29, 1.82) is 0 Å². The van der Waals surface area contributed by atoms with Gasteiger partial charge in [0.05, 0.1) is 0 Å². The van der Waals surface area contributed by atoms with E-state index in [9.17, 15) is 13.2 Å². The van der Waals surface area contributed by atoms with Crippen LogP contribution in [0.3, 0.4) is 0 Å². The smallest absolute Gasteiger partial charge is 0.319 e. The maximum atomic E-state index is 12.4. The Hall–Kier alpha value is -1.11. The molecule has 1 aliphatic rings. The SMILES string of the molecule is CNCC1CCCn2nc(C(F)(F)F)nc21. The number of fused-ring (bicyclic) bond motifs is 1. The first kappa shape index (κ1) is 11.4. The summed E-state index contributed by atoms with van der Waals surface area (Å²) in [5.74, 6) is -0.541. The number of nitrogens with one attached hydrogen (secondary N) is 1. The van der Waals surface area contributed by atoms with Crippen LogP contribution in [-0.4, -0.2) is 28.4 Å². The van der Waals surface area contributed by atoms with Crippen molar-refractivity contribution in [2.75, 3.05) is 13.6 Å². The van der Waals surface area contributed by atoms with Crippen LogP contribution in [0.4, 0.5) is 13.2 Å². The molecule has 0 radical (unpaired) electrons. The fraction of sp³-hybridized carbons (Fsp3) is 0.778. The van der Waals surface area contributed by atoms with Crippen molar-refractivity contribution < 1.29 is 13.2 Å². The summed E-state index contributed by atoms with van der Waals surface area (Å²) in [4.78, 5) is 3.61. The maximum absolute atomic E-state index is 12.4. The topological polar surface area (TPSA) is 42.7 Å². The zero-order valence-electron chi connectivity index (χ0n) is 8.88. The number of hydrogen-bond donors (Lipinski definition) is 1. The van der Waals surface area contributed by atoms with Crippen LogP contribution in [-0.2, 0) is 12.7 Å². The Kier molecular flexibility index (Phi) is 2.88. The van der Waals surface area contributed by atoms with Crippen molar-refractivity contribution in [2.24, 2.45) is 0 Å². The summed E-state index contributed by atoms with van der Waals surface area (Å²) in [7, 11) is 1.78. The van der Waals surface area contributed by atoms with Crippen molar-refractivity contribution in [2.45, 2.75) is 31.5 Å². The van der Waals surface area contributed by atoms with Gasteiger partial charge >= 0.3 is 6.18 Å². The van der Waals surface area contributed by atoms with E-state index < -0.39 is 12.0 Å². The van der Waals surface area contributed by atoms with Gasteiger partial charge in [-0.1, -0.05) is 0 Å². The Morgan fingerprint density at radius 1 is 1.50 bits per heavy atom. The van der Waals surface area contributed by atoms with Crippen molar-refractivity contribution >= 4 is 0 Å². The van der Waals surface area contributed by atoms with Crippen LogP contribution in [0.1, 0.15) is 30.4 Å². The Balaban J connectivity index is 2.31. The fourth-order valence-electron chi connectivity index (χ4n) is 2.00. The van der Waals surface area contributed by atoms with E-state index in [-0.39, 0.29) is 5.92 Å². The van der Waals surface area contributed by atoms with Gasteiger partial charge in [0, 0.05) is 19.0 Å². The number of halogens is 3. The lowest BCUT2D eigenvalue weighted by Gasteiger charge is -2.21. The summed E-state index contributed by atoms with van der Waals surface area (Å²) >= 11 is 0. The monoisotopic (exact) mass is 234 g/mol. The van der Waals surface area contributed by atoms with Crippen molar-refractivity contribution in [3.05, 3.63) is 11.6 Å². The molecule has 1 aromatic rings. The van der Waals surface area contributed by atoms with Crippen LogP contribution in [0.25, 0.3) is 0 Å². The Bertz CT molecular complexity index is 371. The quantitative estimate of drug-likeness (QED) is 0.841. The molecule has 0 aliphatic carbocycles. The van der Waals surface area contributed by atoms with Gasteiger partial charge in [0.25, 0.3) is 5.82 Å². The minimum absolute atomic E-state index is 0.0300. The highest BCUT2D eigenvalue weighted by atomic mass is 19.4. The highest BCUT2D eigenvalue weighted by Crippen LogP contribution is 2.31. The summed E-state index contributed by atoms with van der Waals surface area (Å²) in [6.45, 7) is 1.16. The third kappa shape index (κ3) is 2.04. The second-order valence-corrected chi connectivity index (χ2v) is 3.91. The molecule has 1 unspecified atom stereocenters. The molecule has 7 heteroatoms. The molecule has 4 nitrogen and oxygen atoms in total. The molecule has 90 valence electrons. The zero-order valence-corrected chi connectivity index (χ0v) is 8.88. The lowest BCUT2D eigenvalue weighted by molar-refractivity contribution is -0.145. The van der Waals surface area contributed by atoms with Gasteiger partial charge in [-0.25, -0.2) is 9.67 Å². The minimum atomic E-state index is -4.45. The van der Waals surface area contributed by atoms with E-state index in [1.54, 1.807) is 7.05 Å². The molecule has 1 N–H and O–H groups in total. The molecule has 2 heterocycles.